The van der Waals surface area contributed by atoms with Gasteiger partial charge in [0.2, 0.25) is 0 Å². The average Bonchev–Trinajstić information content (AvgIpc) is 3.05. The van der Waals surface area contributed by atoms with Gasteiger partial charge >= 0.3 is 0 Å². The van der Waals surface area contributed by atoms with Gasteiger partial charge in [-0.15, -0.1) is 10.2 Å². The fraction of sp³-hybridized carbons (Fsp3) is 0.750. The molecule has 2 aliphatic rings. The van der Waals surface area contributed by atoms with Crippen LogP contribution in [0.4, 0.5) is 0 Å². The SMILES string of the molecule is CC(C)(C)c1ccc2nnc(C3CCN(C4CCCCC4O)CC3)n2n1. The average molecular weight is 358 g/mol. The zero-order chi connectivity index (χ0) is 18.3. The van der Waals surface area contributed by atoms with E-state index in [0.29, 0.717) is 12.0 Å². The number of nitrogens with zero attached hydrogens (tertiary/aromatic N) is 5. The van der Waals surface area contributed by atoms with Gasteiger partial charge in [-0.3, -0.25) is 4.90 Å². The quantitative estimate of drug-likeness (QED) is 0.895. The van der Waals surface area contributed by atoms with Gasteiger partial charge in [0.25, 0.3) is 0 Å². The fourth-order valence-corrected chi connectivity index (χ4v) is 4.47. The Balaban J connectivity index is 1.50. The van der Waals surface area contributed by atoms with Gasteiger partial charge in [0, 0.05) is 17.4 Å². The minimum absolute atomic E-state index is 0.0101. The monoisotopic (exact) mass is 357 g/mol. The molecule has 1 aliphatic heterocycles. The third kappa shape index (κ3) is 3.37. The van der Waals surface area contributed by atoms with Crippen molar-refractivity contribution in [3.63, 3.8) is 0 Å². The summed E-state index contributed by atoms with van der Waals surface area (Å²) in [5.74, 6) is 1.39. The smallest absolute Gasteiger partial charge is 0.177 e. The maximum atomic E-state index is 10.3. The number of hydrogen-bond donors (Lipinski definition) is 1. The topological polar surface area (TPSA) is 66.5 Å². The lowest BCUT2D eigenvalue weighted by Gasteiger charge is -2.41. The fourth-order valence-electron chi connectivity index (χ4n) is 4.47. The highest BCUT2D eigenvalue weighted by Crippen LogP contribution is 2.32. The molecular weight excluding hydrogens is 326 g/mol. The summed E-state index contributed by atoms with van der Waals surface area (Å²) in [5.41, 5.74) is 1.91. The summed E-state index contributed by atoms with van der Waals surface area (Å²) in [6.45, 7) is 8.60. The standard InChI is InChI=1S/C20H31N5O/c1-20(2,3)17-8-9-18-21-22-19(25(18)23-17)14-10-12-24(13-11-14)15-6-4-5-7-16(15)26/h8-9,14-16,26H,4-7,10-13H2,1-3H3. The molecule has 142 valence electrons. The summed E-state index contributed by atoms with van der Waals surface area (Å²) in [6.07, 6.45) is 6.48. The Hall–Kier alpha value is -1.53. The first-order valence-corrected chi connectivity index (χ1v) is 10.1. The largest absolute Gasteiger partial charge is 0.391 e. The minimum Gasteiger partial charge on any atom is -0.391 e. The van der Waals surface area contributed by atoms with E-state index in [9.17, 15) is 5.11 Å². The lowest BCUT2D eigenvalue weighted by Crippen LogP contribution is -2.48. The van der Waals surface area contributed by atoms with Gasteiger partial charge in [-0.1, -0.05) is 33.6 Å². The number of likely N-dealkylation sites (tertiary alicyclic amines) is 1. The molecule has 2 aromatic rings. The molecule has 2 aromatic heterocycles. The Morgan fingerprint density at radius 1 is 1.00 bits per heavy atom. The van der Waals surface area contributed by atoms with E-state index < -0.39 is 0 Å². The van der Waals surface area contributed by atoms with Crippen molar-refractivity contribution < 1.29 is 5.11 Å². The Labute approximate surface area is 155 Å². The molecule has 2 atom stereocenters. The maximum absolute atomic E-state index is 10.3. The first-order chi connectivity index (χ1) is 12.4. The van der Waals surface area contributed by atoms with E-state index in [4.69, 9.17) is 5.10 Å². The van der Waals surface area contributed by atoms with Crippen LogP contribution in [0.25, 0.3) is 5.65 Å². The van der Waals surface area contributed by atoms with Crippen LogP contribution in [0.5, 0.6) is 0 Å². The highest BCUT2D eigenvalue weighted by atomic mass is 16.3. The van der Waals surface area contributed by atoms with Gasteiger partial charge < -0.3 is 5.11 Å². The molecule has 1 aliphatic carbocycles. The predicted molar refractivity (Wildman–Crippen MR) is 101 cm³/mol. The molecule has 0 bridgehead atoms. The first-order valence-electron chi connectivity index (χ1n) is 10.1. The molecule has 26 heavy (non-hydrogen) atoms. The second kappa shape index (κ2) is 6.89. The van der Waals surface area contributed by atoms with Gasteiger partial charge in [-0.05, 0) is 50.9 Å². The molecule has 6 nitrogen and oxygen atoms in total. The molecule has 1 saturated carbocycles. The van der Waals surface area contributed by atoms with E-state index in [-0.39, 0.29) is 11.5 Å². The van der Waals surface area contributed by atoms with Crippen molar-refractivity contribution >= 4 is 5.65 Å². The highest BCUT2D eigenvalue weighted by Gasteiger charge is 2.33. The second-order valence-electron chi connectivity index (χ2n) is 9.03. The van der Waals surface area contributed by atoms with Crippen molar-refractivity contribution in [2.24, 2.45) is 0 Å². The van der Waals surface area contributed by atoms with Crippen LogP contribution < -0.4 is 0 Å². The molecule has 3 heterocycles. The van der Waals surface area contributed by atoms with Gasteiger partial charge in [0.05, 0.1) is 11.8 Å². The van der Waals surface area contributed by atoms with Crippen LogP contribution in [0, 0.1) is 0 Å². The number of piperidine rings is 1. The zero-order valence-electron chi connectivity index (χ0n) is 16.2. The summed E-state index contributed by atoms with van der Waals surface area (Å²) in [5, 5.41) is 24.0. The lowest BCUT2D eigenvalue weighted by atomic mass is 9.88. The maximum Gasteiger partial charge on any atom is 0.177 e. The third-order valence-corrected chi connectivity index (χ3v) is 6.11. The Morgan fingerprint density at radius 3 is 2.42 bits per heavy atom. The van der Waals surface area contributed by atoms with Crippen LogP contribution >= 0.6 is 0 Å². The Morgan fingerprint density at radius 2 is 1.73 bits per heavy atom. The predicted octanol–water partition coefficient (Wildman–Crippen LogP) is 2.90. The van der Waals surface area contributed by atoms with Crippen molar-refractivity contribution in [1.82, 2.24) is 24.7 Å². The van der Waals surface area contributed by atoms with Crippen molar-refractivity contribution in [2.75, 3.05) is 13.1 Å². The van der Waals surface area contributed by atoms with E-state index in [2.05, 4.69) is 41.9 Å². The van der Waals surface area contributed by atoms with E-state index >= 15 is 0 Å². The van der Waals surface area contributed by atoms with Crippen LogP contribution in [0.15, 0.2) is 12.1 Å². The van der Waals surface area contributed by atoms with Crippen LogP contribution in [0.2, 0.25) is 0 Å². The second-order valence-corrected chi connectivity index (χ2v) is 9.03. The number of aliphatic hydroxyl groups excluding tert-OH is 1. The van der Waals surface area contributed by atoms with E-state index in [1.54, 1.807) is 0 Å². The van der Waals surface area contributed by atoms with E-state index in [1.807, 2.05) is 10.6 Å². The number of hydrogen-bond acceptors (Lipinski definition) is 5. The summed E-state index contributed by atoms with van der Waals surface area (Å²) < 4.78 is 1.95. The van der Waals surface area contributed by atoms with Crippen LogP contribution in [-0.2, 0) is 5.41 Å². The minimum atomic E-state index is -0.148. The van der Waals surface area contributed by atoms with Crippen molar-refractivity contribution in [2.45, 2.75) is 82.8 Å². The molecular formula is C20H31N5O. The number of rotatable bonds is 2. The van der Waals surface area contributed by atoms with Gasteiger partial charge in [0.1, 0.15) is 0 Å². The number of fused-ring (bicyclic) bond motifs is 1. The van der Waals surface area contributed by atoms with Gasteiger partial charge in [-0.25, -0.2) is 0 Å². The van der Waals surface area contributed by atoms with Crippen LogP contribution in [0.1, 0.15) is 76.7 Å². The van der Waals surface area contributed by atoms with Crippen molar-refractivity contribution in [3.8, 4) is 0 Å². The first kappa shape index (κ1) is 17.9. The molecule has 0 radical (unpaired) electrons. The Bertz CT molecular complexity index is 757. The highest BCUT2D eigenvalue weighted by molar-refractivity contribution is 5.37. The van der Waals surface area contributed by atoms with Gasteiger partial charge in [0.15, 0.2) is 11.5 Å². The third-order valence-electron chi connectivity index (χ3n) is 6.11. The van der Waals surface area contributed by atoms with Crippen molar-refractivity contribution in [3.05, 3.63) is 23.7 Å². The van der Waals surface area contributed by atoms with E-state index in [1.165, 1.54) is 12.8 Å². The summed E-state index contributed by atoms with van der Waals surface area (Å²) in [4.78, 5) is 2.50. The molecule has 2 unspecified atom stereocenters. The number of aliphatic hydroxyl groups is 1. The number of aromatic nitrogens is 4. The normalized spacial score (nSPS) is 26.5. The summed E-state index contributed by atoms with van der Waals surface area (Å²) >= 11 is 0. The van der Waals surface area contributed by atoms with Crippen molar-refractivity contribution in [1.29, 1.82) is 0 Å². The molecule has 4 rings (SSSR count). The van der Waals surface area contributed by atoms with Gasteiger partial charge in [-0.2, -0.15) is 9.61 Å². The summed E-state index contributed by atoms with van der Waals surface area (Å²) in [7, 11) is 0. The van der Waals surface area contributed by atoms with Crippen LogP contribution in [0.3, 0.4) is 0 Å². The lowest BCUT2D eigenvalue weighted by molar-refractivity contribution is 0.00825. The Kier molecular flexibility index (Phi) is 4.73. The summed E-state index contributed by atoms with van der Waals surface area (Å²) in [6, 6.07) is 4.43. The molecule has 0 amide bonds. The molecule has 1 N–H and O–H groups in total. The van der Waals surface area contributed by atoms with E-state index in [0.717, 1.165) is 55.9 Å². The molecule has 6 heteroatoms. The zero-order valence-corrected chi connectivity index (χ0v) is 16.2. The molecule has 0 aromatic carbocycles. The molecule has 1 saturated heterocycles. The molecule has 0 spiro atoms. The molecule has 2 fully saturated rings. The van der Waals surface area contributed by atoms with Crippen LogP contribution in [-0.4, -0.2) is 55.1 Å².